The van der Waals surface area contributed by atoms with E-state index in [0.29, 0.717) is 17.3 Å². The van der Waals surface area contributed by atoms with Crippen molar-refractivity contribution in [3.8, 4) is 5.75 Å². The number of rotatable bonds is 6. The van der Waals surface area contributed by atoms with Gasteiger partial charge in [0.2, 0.25) is 0 Å². The van der Waals surface area contributed by atoms with Gasteiger partial charge in [0.05, 0.1) is 0 Å². The second kappa shape index (κ2) is 8.11. The van der Waals surface area contributed by atoms with E-state index in [1.54, 1.807) is 6.07 Å². The number of nitrogens with one attached hydrogen (secondary N) is 1. The monoisotopic (exact) mass is 391 g/mol. The van der Waals surface area contributed by atoms with Crippen LogP contribution in [-0.2, 0) is 17.6 Å². The standard InChI is InChI=1S/C24H25NO4/c1-3-15(2)16-7-9-17(10-8-16)25-23(26)14-28-18-11-12-20-19-5-4-6-21(19)24(27)29-22(20)13-18/h7-13,15H,3-6,14H2,1-2H3,(H,25,26)/t15-/m0/s1. The Kier molecular flexibility index (Phi) is 5.38. The van der Waals surface area contributed by atoms with E-state index in [1.165, 1.54) is 5.56 Å². The summed E-state index contributed by atoms with van der Waals surface area (Å²) >= 11 is 0. The molecule has 0 fully saturated rings. The predicted octanol–water partition coefficient (Wildman–Crippen LogP) is 4.81. The van der Waals surface area contributed by atoms with Gasteiger partial charge in [-0.25, -0.2) is 4.79 Å². The van der Waals surface area contributed by atoms with Crippen LogP contribution in [0.3, 0.4) is 0 Å². The fourth-order valence-electron chi connectivity index (χ4n) is 3.83. The number of aryl methyl sites for hydroxylation is 1. The minimum absolute atomic E-state index is 0.117. The summed E-state index contributed by atoms with van der Waals surface area (Å²) in [6.45, 7) is 4.22. The van der Waals surface area contributed by atoms with Gasteiger partial charge in [-0.1, -0.05) is 26.0 Å². The molecule has 4 rings (SSSR count). The van der Waals surface area contributed by atoms with Gasteiger partial charge in [0.25, 0.3) is 5.91 Å². The van der Waals surface area contributed by atoms with Gasteiger partial charge in [0, 0.05) is 22.7 Å². The maximum atomic E-state index is 12.2. The quantitative estimate of drug-likeness (QED) is 0.612. The lowest BCUT2D eigenvalue weighted by Crippen LogP contribution is -2.20. The second-order valence-corrected chi connectivity index (χ2v) is 7.63. The Bertz CT molecular complexity index is 1100. The molecule has 1 aliphatic carbocycles. The van der Waals surface area contributed by atoms with Crippen LogP contribution in [0.25, 0.3) is 11.0 Å². The topological polar surface area (TPSA) is 68.5 Å². The molecule has 0 saturated carbocycles. The van der Waals surface area contributed by atoms with E-state index in [1.807, 2.05) is 36.4 Å². The van der Waals surface area contributed by atoms with E-state index in [0.717, 1.165) is 47.9 Å². The molecule has 2 aromatic carbocycles. The van der Waals surface area contributed by atoms with Crippen LogP contribution >= 0.6 is 0 Å². The molecule has 0 aliphatic heterocycles. The number of fused-ring (bicyclic) bond motifs is 3. The molecule has 1 heterocycles. The minimum atomic E-state index is -0.263. The van der Waals surface area contributed by atoms with Gasteiger partial charge in [-0.3, -0.25) is 4.79 Å². The molecule has 0 bridgehead atoms. The molecule has 0 saturated heterocycles. The SMILES string of the molecule is CC[C@H](C)c1ccc(NC(=O)COc2ccc3c4c(c(=O)oc3c2)CCC4)cc1. The van der Waals surface area contributed by atoms with Crippen LogP contribution in [0, 0.1) is 0 Å². The lowest BCUT2D eigenvalue weighted by molar-refractivity contribution is -0.118. The number of anilines is 1. The smallest absolute Gasteiger partial charge is 0.339 e. The summed E-state index contributed by atoms with van der Waals surface area (Å²) in [5.74, 6) is 0.759. The zero-order valence-corrected chi connectivity index (χ0v) is 16.8. The zero-order chi connectivity index (χ0) is 20.4. The average Bonchev–Trinajstić information content (AvgIpc) is 3.23. The van der Waals surface area contributed by atoms with E-state index >= 15 is 0 Å². The van der Waals surface area contributed by atoms with E-state index in [2.05, 4.69) is 19.2 Å². The number of carbonyl (C=O) groups is 1. The van der Waals surface area contributed by atoms with Crippen LogP contribution in [-0.4, -0.2) is 12.5 Å². The van der Waals surface area contributed by atoms with E-state index in [4.69, 9.17) is 9.15 Å². The molecule has 0 spiro atoms. The highest BCUT2D eigenvalue weighted by Crippen LogP contribution is 2.29. The summed E-state index contributed by atoms with van der Waals surface area (Å²) in [6, 6.07) is 13.3. The molecule has 5 nitrogen and oxygen atoms in total. The minimum Gasteiger partial charge on any atom is -0.484 e. The van der Waals surface area contributed by atoms with Crippen molar-refractivity contribution in [3.63, 3.8) is 0 Å². The Morgan fingerprint density at radius 2 is 1.90 bits per heavy atom. The number of ether oxygens (including phenoxy) is 1. The van der Waals surface area contributed by atoms with Crippen molar-refractivity contribution < 1.29 is 13.9 Å². The van der Waals surface area contributed by atoms with Crippen molar-refractivity contribution in [1.29, 1.82) is 0 Å². The van der Waals surface area contributed by atoms with Crippen LogP contribution in [0.4, 0.5) is 5.69 Å². The van der Waals surface area contributed by atoms with Crippen LogP contribution in [0.5, 0.6) is 5.75 Å². The van der Waals surface area contributed by atoms with Gasteiger partial charge in [-0.15, -0.1) is 0 Å². The molecule has 1 aromatic heterocycles. The third-order valence-corrected chi connectivity index (χ3v) is 5.69. The molecule has 0 unspecified atom stereocenters. The van der Waals surface area contributed by atoms with Crippen LogP contribution in [0.2, 0.25) is 0 Å². The van der Waals surface area contributed by atoms with Crippen molar-refractivity contribution >= 4 is 22.6 Å². The zero-order valence-electron chi connectivity index (χ0n) is 16.8. The first kappa shape index (κ1) is 19.2. The van der Waals surface area contributed by atoms with Gasteiger partial charge in [0.1, 0.15) is 11.3 Å². The largest absolute Gasteiger partial charge is 0.484 e. The Labute approximate surface area is 169 Å². The lowest BCUT2D eigenvalue weighted by atomic mass is 9.99. The number of amides is 1. The lowest BCUT2D eigenvalue weighted by Gasteiger charge is -2.11. The number of carbonyl (C=O) groups excluding carboxylic acids is 1. The summed E-state index contributed by atoms with van der Waals surface area (Å²) in [4.78, 5) is 24.3. The van der Waals surface area contributed by atoms with Crippen LogP contribution in [0.15, 0.2) is 51.7 Å². The molecule has 1 amide bonds. The van der Waals surface area contributed by atoms with Crippen molar-refractivity contribution in [2.75, 3.05) is 11.9 Å². The first-order valence-corrected chi connectivity index (χ1v) is 10.2. The summed E-state index contributed by atoms with van der Waals surface area (Å²) in [5.41, 5.74) is 4.12. The van der Waals surface area contributed by atoms with Crippen LogP contribution in [0.1, 0.15) is 49.3 Å². The molecular weight excluding hydrogens is 366 g/mol. The average molecular weight is 391 g/mol. The molecule has 150 valence electrons. The highest BCUT2D eigenvalue weighted by Gasteiger charge is 2.19. The Morgan fingerprint density at radius 1 is 1.14 bits per heavy atom. The maximum Gasteiger partial charge on any atom is 0.339 e. The number of benzene rings is 2. The third kappa shape index (κ3) is 4.04. The molecule has 1 N–H and O–H groups in total. The van der Waals surface area contributed by atoms with Gasteiger partial charge in [-0.2, -0.15) is 0 Å². The summed E-state index contributed by atoms with van der Waals surface area (Å²) in [5, 5.41) is 3.79. The van der Waals surface area contributed by atoms with Gasteiger partial charge in [-0.05, 0) is 67.0 Å². The Balaban J connectivity index is 1.41. The summed E-state index contributed by atoms with van der Waals surface area (Å²) < 4.78 is 11.1. The van der Waals surface area contributed by atoms with Crippen molar-refractivity contribution in [1.82, 2.24) is 0 Å². The Morgan fingerprint density at radius 3 is 2.66 bits per heavy atom. The number of hydrogen-bond acceptors (Lipinski definition) is 4. The van der Waals surface area contributed by atoms with Crippen molar-refractivity contribution in [2.24, 2.45) is 0 Å². The first-order valence-electron chi connectivity index (χ1n) is 10.2. The fourth-order valence-corrected chi connectivity index (χ4v) is 3.83. The molecule has 5 heteroatoms. The molecule has 3 aromatic rings. The van der Waals surface area contributed by atoms with E-state index < -0.39 is 0 Å². The van der Waals surface area contributed by atoms with Crippen LogP contribution < -0.4 is 15.7 Å². The molecular formula is C24H25NO4. The maximum absolute atomic E-state index is 12.2. The number of hydrogen-bond donors (Lipinski definition) is 1. The fraction of sp³-hybridized carbons (Fsp3) is 0.333. The van der Waals surface area contributed by atoms with Crippen molar-refractivity contribution in [2.45, 2.75) is 45.4 Å². The third-order valence-electron chi connectivity index (χ3n) is 5.69. The summed E-state index contributed by atoms with van der Waals surface area (Å²) in [6.07, 6.45) is 3.74. The van der Waals surface area contributed by atoms with Crippen molar-refractivity contribution in [3.05, 3.63) is 69.6 Å². The van der Waals surface area contributed by atoms with Gasteiger partial charge < -0.3 is 14.5 Å². The highest BCUT2D eigenvalue weighted by molar-refractivity contribution is 5.92. The normalized spacial score (nSPS) is 13.9. The molecule has 29 heavy (non-hydrogen) atoms. The van der Waals surface area contributed by atoms with Gasteiger partial charge >= 0.3 is 5.63 Å². The Hall–Kier alpha value is -3.08. The molecule has 1 aliphatic rings. The first-order chi connectivity index (χ1) is 14.0. The van der Waals surface area contributed by atoms with E-state index in [-0.39, 0.29) is 18.1 Å². The van der Waals surface area contributed by atoms with Gasteiger partial charge in [0.15, 0.2) is 6.61 Å². The molecule has 0 radical (unpaired) electrons. The molecule has 1 atom stereocenters. The summed E-state index contributed by atoms with van der Waals surface area (Å²) in [7, 11) is 0. The van der Waals surface area contributed by atoms with E-state index in [9.17, 15) is 9.59 Å². The predicted molar refractivity (Wildman–Crippen MR) is 114 cm³/mol. The highest BCUT2D eigenvalue weighted by atomic mass is 16.5. The second-order valence-electron chi connectivity index (χ2n) is 7.63.